The maximum Gasteiger partial charge on any atom is 0.148 e. The van der Waals surface area contributed by atoms with E-state index >= 15 is 0 Å². The highest BCUT2D eigenvalue weighted by Crippen LogP contribution is 2.29. The molecule has 2 N–H and O–H groups in total. The molecule has 0 amide bonds. The standard InChI is InChI=1S/C11H12N6S/c1-6-3-18-9-8(6)12-4-13-11(9)16-7(2)10-14-5-15-17-10/h3-5,7H,1-2H3,(H,12,13,16)(H,14,15,17). The molecule has 0 aliphatic heterocycles. The molecule has 3 rings (SSSR count). The quantitative estimate of drug-likeness (QED) is 0.755. The fraction of sp³-hybridized carbons (Fsp3) is 0.273. The van der Waals surface area contributed by atoms with Crippen molar-refractivity contribution in [3.8, 4) is 0 Å². The lowest BCUT2D eigenvalue weighted by Crippen LogP contribution is -2.09. The van der Waals surface area contributed by atoms with Crippen LogP contribution in [0, 0.1) is 6.92 Å². The molecule has 0 aromatic carbocycles. The Labute approximate surface area is 108 Å². The number of nitrogens with one attached hydrogen (secondary N) is 2. The molecule has 3 aromatic rings. The third-order valence-corrected chi connectivity index (χ3v) is 3.82. The van der Waals surface area contributed by atoms with Crippen LogP contribution in [0.2, 0.25) is 0 Å². The molecule has 92 valence electrons. The zero-order chi connectivity index (χ0) is 12.5. The Morgan fingerprint density at radius 2 is 2.17 bits per heavy atom. The predicted molar refractivity (Wildman–Crippen MR) is 70.6 cm³/mol. The molecule has 0 aliphatic rings. The Balaban J connectivity index is 1.95. The summed E-state index contributed by atoms with van der Waals surface area (Å²) in [4.78, 5) is 12.7. The first-order chi connectivity index (χ1) is 8.75. The Hall–Kier alpha value is -2.02. The van der Waals surface area contributed by atoms with Crippen molar-refractivity contribution in [3.63, 3.8) is 0 Å². The van der Waals surface area contributed by atoms with Crippen LogP contribution in [0.5, 0.6) is 0 Å². The minimum atomic E-state index is 0.0213. The molecule has 0 spiro atoms. The van der Waals surface area contributed by atoms with Crippen molar-refractivity contribution in [2.75, 3.05) is 5.32 Å². The van der Waals surface area contributed by atoms with Crippen LogP contribution in [0.25, 0.3) is 10.2 Å². The minimum absolute atomic E-state index is 0.0213. The molecule has 6 nitrogen and oxygen atoms in total. The van der Waals surface area contributed by atoms with Gasteiger partial charge in [0.25, 0.3) is 0 Å². The van der Waals surface area contributed by atoms with Gasteiger partial charge >= 0.3 is 0 Å². The zero-order valence-electron chi connectivity index (χ0n) is 10.0. The number of rotatable bonds is 3. The molecule has 0 saturated heterocycles. The topological polar surface area (TPSA) is 79.4 Å². The molecule has 18 heavy (non-hydrogen) atoms. The van der Waals surface area contributed by atoms with Gasteiger partial charge in [-0.2, -0.15) is 5.10 Å². The molecule has 3 heterocycles. The lowest BCUT2D eigenvalue weighted by atomic mass is 10.3. The third kappa shape index (κ3) is 1.82. The third-order valence-electron chi connectivity index (χ3n) is 2.73. The number of aromatic nitrogens is 5. The predicted octanol–water partition coefficient (Wildman–Crippen LogP) is 2.29. The summed E-state index contributed by atoms with van der Waals surface area (Å²) in [5, 5.41) is 12.1. The summed E-state index contributed by atoms with van der Waals surface area (Å²) in [6.07, 6.45) is 3.08. The van der Waals surface area contributed by atoms with Gasteiger partial charge in [-0.05, 0) is 24.8 Å². The summed E-state index contributed by atoms with van der Waals surface area (Å²) in [5.41, 5.74) is 2.18. The molecular formula is C11H12N6S. The van der Waals surface area contributed by atoms with Gasteiger partial charge < -0.3 is 5.32 Å². The first-order valence-corrected chi connectivity index (χ1v) is 6.44. The summed E-state index contributed by atoms with van der Waals surface area (Å²) in [5.74, 6) is 1.62. The van der Waals surface area contributed by atoms with E-state index in [1.807, 2.05) is 6.92 Å². The van der Waals surface area contributed by atoms with Crippen LogP contribution in [0.15, 0.2) is 18.0 Å². The second-order valence-electron chi connectivity index (χ2n) is 4.06. The summed E-state index contributed by atoms with van der Waals surface area (Å²) >= 11 is 1.65. The number of hydrogen-bond acceptors (Lipinski definition) is 6. The van der Waals surface area contributed by atoms with E-state index < -0.39 is 0 Å². The number of H-pyrrole nitrogens is 1. The van der Waals surface area contributed by atoms with Crippen LogP contribution < -0.4 is 5.32 Å². The van der Waals surface area contributed by atoms with Crippen molar-refractivity contribution in [1.29, 1.82) is 0 Å². The molecule has 7 heteroatoms. The van der Waals surface area contributed by atoms with Crippen LogP contribution in [-0.2, 0) is 0 Å². The average molecular weight is 260 g/mol. The van der Waals surface area contributed by atoms with Crippen LogP contribution >= 0.6 is 11.3 Å². The maximum absolute atomic E-state index is 4.30. The average Bonchev–Trinajstić information content (AvgIpc) is 3.00. The van der Waals surface area contributed by atoms with Gasteiger partial charge in [0.15, 0.2) is 0 Å². The van der Waals surface area contributed by atoms with Crippen LogP contribution in [-0.4, -0.2) is 25.1 Å². The van der Waals surface area contributed by atoms with Gasteiger partial charge in [-0.1, -0.05) is 0 Å². The van der Waals surface area contributed by atoms with Crippen molar-refractivity contribution >= 4 is 27.4 Å². The first-order valence-electron chi connectivity index (χ1n) is 5.56. The normalized spacial score (nSPS) is 12.8. The summed E-state index contributed by atoms with van der Waals surface area (Å²) in [7, 11) is 0. The second kappa shape index (κ2) is 4.34. The fourth-order valence-corrected chi connectivity index (χ4v) is 2.72. The lowest BCUT2D eigenvalue weighted by Gasteiger charge is -2.11. The van der Waals surface area contributed by atoms with Gasteiger partial charge in [0.2, 0.25) is 0 Å². The smallest absolute Gasteiger partial charge is 0.148 e. The number of thiophene rings is 1. The largest absolute Gasteiger partial charge is 0.359 e. The van der Waals surface area contributed by atoms with Gasteiger partial charge in [-0.15, -0.1) is 11.3 Å². The van der Waals surface area contributed by atoms with Gasteiger partial charge in [0.1, 0.15) is 24.3 Å². The van der Waals surface area contributed by atoms with E-state index in [0.29, 0.717) is 0 Å². The zero-order valence-corrected chi connectivity index (χ0v) is 10.8. The molecule has 1 atom stereocenters. The molecule has 0 radical (unpaired) electrons. The van der Waals surface area contributed by atoms with Gasteiger partial charge in [0.05, 0.1) is 16.3 Å². The number of fused-ring (bicyclic) bond motifs is 1. The Kier molecular flexibility index (Phi) is 2.67. The summed E-state index contributed by atoms with van der Waals surface area (Å²) in [6, 6.07) is 0.0213. The number of aromatic amines is 1. The second-order valence-corrected chi connectivity index (χ2v) is 4.94. The van der Waals surface area contributed by atoms with Crippen molar-refractivity contribution in [2.24, 2.45) is 0 Å². The Morgan fingerprint density at radius 3 is 2.94 bits per heavy atom. The van der Waals surface area contributed by atoms with Crippen molar-refractivity contribution < 1.29 is 0 Å². The molecule has 3 aromatic heterocycles. The van der Waals surface area contributed by atoms with Gasteiger partial charge in [0, 0.05) is 0 Å². The molecule has 0 aliphatic carbocycles. The van der Waals surface area contributed by atoms with Crippen molar-refractivity contribution in [3.05, 3.63) is 29.4 Å². The van der Waals surface area contributed by atoms with Gasteiger partial charge in [-0.3, -0.25) is 5.10 Å². The first kappa shape index (κ1) is 11.1. The molecule has 0 saturated carbocycles. The summed E-state index contributed by atoms with van der Waals surface area (Å²) in [6.45, 7) is 4.06. The van der Waals surface area contributed by atoms with Gasteiger partial charge in [-0.25, -0.2) is 15.0 Å². The van der Waals surface area contributed by atoms with E-state index in [1.165, 1.54) is 11.9 Å². The monoisotopic (exact) mass is 260 g/mol. The number of aryl methyl sites for hydroxylation is 1. The number of hydrogen-bond donors (Lipinski definition) is 2. The minimum Gasteiger partial charge on any atom is -0.359 e. The highest BCUT2D eigenvalue weighted by atomic mass is 32.1. The van der Waals surface area contributed by atoms with E-state index in [2.05, 4.69) is 42.8 Å². The highest BCUT2D eigenvalue weighted by Gasteiger charge is 2.13. The van der Waals surface area contributed by atoms with E-state index in [-0.39, 0.29) is 6.04 Å². The lowest BCUT2D eigenvalue weighted by molar-refractivity contribution is 0.791. The van der Waals surface area contributed by atoms with Crippen LogP contribution in [0.3, 0.4) is 0 Å². The summed E-state index contributed by atoms with van der Waals surface area (Å²) < 4.78 is 1.07. The van der Waals surface area contributed by atoms with E-state index in [0.717, 1.165) is 21.9 Å². The fourth-order valence-electron chi connectivity index (χ4n) is 1.77. The van der Waals surface area contributed by atoms with E-state index in [1.54, 1.807) is 17.7 Å². The molecule has 0 fully saturated rings. The van der Waals surface area contributed by atoms with Crippen molar-refractivity contribution in [2.45, 2.75) is 19.9 Å². The Morgan fingerprint density at radius 1 is 1.28 bits per heavy atom. The molecule has 0 bridgehead atoms. The van der Waals surface area contributed by atoms with Crippen LogP contribution in [0.4, 0.5) is 5.82 Å². The maximum atomic E-state index is 4.30. The number of nitrogens with zero attached hydrogens (tertiary/aromatic N) is 4. The highest BCUT2D eigenvalue weighted by molar-refractivity contribution is 7.18. The molecule has 1 unspecified atom stereocenters. The van der Waals surface area contributed by atoms with Crippen LogP contribution in [0.1, 0.15) is 24.4 Å². The van der Waals surface area contributed by atoms with E-state index in [9.17, 15) is 0 Å². The number of anilines is 1. The Bertz CT molecular complexity index is 659. The van der Waals surface area contributed by atoms with E-state index in [4.69, 9.17) is 0 Å². The SMILES string of the molecule is Cc1csc2c(NC(C)c3ncn[nH]3)ncnc12. The molecular weight excluding hydrogens is 248 g/mol. The van der Waals surface area contributed by atoms with Crippen molar-refractivity contribution in [1.82, 2.24) is 25.1 Å².